The molecular weight excluding hydrogens is 933 g/mol. The van der Waals surface area contributed by atoms with Gasteiger partial charge in [0.25, 0.3) is 0 Å². The molecule has 14 aromatic rings. The Labute approximate surface area is 436 Å². The van der Waals surface area contributed by atoms with Crippen LogP contribution in [0, 0.1) is 11.3 Å². The van der Waals surface area contributed by atoms with Gasteiger partial charge in [0.05, 0.1) is 45.1 Å². The van der Waals surface area contributed by atoms with Gasteiger partial charge in [-0.3, -0.25) is 4.98 Å². The largest absolute Gasteiger partial charge is 0.308 e. The number of nitrogens with zero attached hydrogens (tertiary/aromatic N) is 10. The number of para-hydroxylation sites is 2. The van der Waals surface area contributed by atoms with Gasteiger partial charge in [-0.25, -0.2) is 29.9 Å². The molecule has 0 aliphatic rings. The van der Waals surface area contributed by atoms with Gasteiger partial charge in [0, 0.05) is 72.9 Å². The fourth-order valence-corrected chi connectivity index (χ4v) is 10.5. The summed E-state index contributed by atoms with van der Waals surface area (Å²) in [6, 6.07) is 80.4. The number of aromatic nitrogens is 9. The van der Waals surface area contributed by atoms with Crippen LogP contribution in [0.3, 0.4) is 0 Å². The summed E-state index contributed by atoms with van der Waals surface area (Å²) in [6.07, 6.45) is 3.64. The van der Waals surface area contributed by atoms with Crippen LogP contribution in [0.25, 0.3) is 134 Å². The predicted molar refractivity (Wildman–Crippen MR) is 302 cm³/mol. The van der Waals surface area contributed by atoms with Gasteiger partial charge < -0.3 is 9.13 Å². The zero-order chi connectivity index (χ0) is 50.5. The summed E-state index contributed by atoms with van der Waals surface area (Å²) in [6.45, 7) is 0. The van der Waals surface area contributed by atoms with Crippen molar-refractivity contribution in [2.45, 2.75) is 0 Å². The van der Waals surface area contributed by atoms with E-state index in [9.17, 15) is 5.26 Å². The lowest BCUT2D eigenvalue weighted by Crippen LogP contribution is -2.05. The van der Waals surface area contributed by atoms with E-state index in [1.807, 2.05) is 158 Å². The van der Waals surface area contributed by atoms with E-state index in [4.69, 9.17) is 29.9 Å². The summed E-state index contributed by atoms with van der Waals surface area (Å²) < 4.78 is 4.57. The molecule has 0 N–H and O–H groups in total. The Morgan fingerprint density at radius 1 is 0.289 bits per heavy atom. The number of benzene rings is 9. The van der Waals surface area contributed by atoms with E-state index in [-0.39, 0.29) is 0 Å². The van der Waals surface area contributed by atoms with Crippen LogP contribution in [0.1, 0.15) is 5.56 Å². The average Bonchev–Trinajstić information content (AvgIpc) is 4.13. The first-order valence-electron chi connectivity index (χ1n) is 24.9. The van der Waals surface area contributed by atoms with Crippen LogP contribution in [0.15, 0.2) is 243 Å². The first-order chi connectivity index (χ1) is 37.6. The lowest BCUT2D eigenvalue weighted by atomic mass is 9.99. The minimum atomic E-state index is 0.507. The Morgan fingerprint density at radius 2 is 0.618 bits per heavy atom. The molecule has 9 aromatic carbocycles. The van der Waals surface area contributed by atoms with E-state index in [0.717, 1.165) is 99.5 Å². The highest BCUT2D eigenvalue weighted by atomic mass is 15.1. The smallest absolute Gasteiger partial charge is 0.164 e. The monoisotopic (exact) mass is 972 g/mol. The molecule has 354 valence electrons. The standard InChI is InChI=1S/C66H40N10/c67-41-42-37-58(75-54-27-15-13-25-50(54)52-39-48(29-31-56(52)75)65-71-61(44-17-5-1-6-18-44)69-62(72-65)45-19-7-2-8-20-45)60(43-33-35-68-36-34-43)59(38-42)76-55-28-16-14-26-51(55)53-40-49(30-32-57(53)76)66-73-63(46-21-9-3-10-22-46)70-64(74-66)47-23-11-4-12-24-47/h1-40H. The Morgan fingerprint density at radius 3 is 0.987 bits per heavy atom. The topological polar surface area (TPSA) is 124 Å². The van der Waals surface area contributed by atoms with E-state index >= 15 is 0 Å². The zero-order valence-electron chi connectivity index (χ0n) is 40.6. The molecule has 0 amide bonds. The summed E-state index contributed by atoms with van der Waals surface area (Å²) in [5.74, 6) is 3.51. The molecule has 0 aliphatic heterocycles. The molecule has 0 atom stereocenters. The number of pyridine rings is 1. The van der Waals surface area contributed by atoms with Gasteiger partial charge in [0.1, 0.15) is 0 Å². The van der Waals surface area contributed by atoms with Gasteiger partial charge >= 0.3 is 0 Å². The van der Waals surface area contributed by atoms with Gasteiger partial charge in [-0.2, -0.15) is 5.26 Å². The minimum absolute atomic E-state index is 0.507. The van der Waals surface area contributed by atoms with E-state index < -0.39 is 0 Å². The Hall–Kier alpha value is -10.8. The SMILES string of the molecule is N#Cc1cc(-n2c3ccccc3c3cc(-c4nc(-c5ccccc5)nc(-c5ccccc5)n4)ccc32)c(-c2ccncc2)c(-n2c3ccccc3c3cc(-c4nc(-c5ccccc5)nc(-c5ccccc5)n4)ccc32)c1. The van der Waals surface area contributed by atoms with Gasteiger partial charge in [0.15, 0.2) is 34.9 Å². The van der Waals surface area contributed by atoms with E-state index in [0.29, 0.717) is 40.5 Å². The van der Waals surface area contributed by atoms with Crippen LogP contribution >= 0.6 is 0 Å². The van der Waals surface area contributed by atoms with Gasteiger partial charge in [-0.05, 0) is 78.4 Å². The van der Waals surface area contributed by atoms with Crippen molar-refractivity contribution < 1.29 is 0 Å². The van der Waals surface area contributed by atoms with Crippen molar-refractivity contribution in [3.05, 3.63) is 248 Å². The van der Waals surface area contributed by atoms with Crippen LogP contribution in [0.2, 0.25) is 0 Å². The van der Waals surface area contributed by atoms with Crippen molar-refractivity contribution in [3.63, 3.8) is 0 Å². The van der Waals surface area contributed by atoms with Crippen LogP contribution in [0.5, 0.6) is 0 Å². The fourth-order valence-electron chi connectivity index (χ4n) is 10.5. The van der Waals surface area contributed by atoms with E-state index in [2.05, 4.69) is 105 Å². The number of fused-ring (bicyclic) bond motifs is 6. The number of rotatable bonds is 9. The second-order valence-corrected chi connectivity index (χ2v) is 18.5. The third kappa shape index (κ3) is 7.63. The molecule has 14 rings (SSSR count). The Balaban J connectivity index is 0.986. The quantitative estimate of drug-likeness (QED) is 0.140. The molecule has 5 aromatic heterocycles. The molecule has 0 spiro atoms. The van der Waals surface area contributed by atoms with Crippen molar-refractivity contribution in [2.24, 2.45) is 0 Å². The second kappa shape index (κ2) is 18.4. The molecule has 0 radical (unpaired) electrons. The molecule has 0 bridgehead atoms. The molecule has 0 unspecified atom stereocenters. The highest BCUT2D eigenvalue weighted by Gasteiger charge is 2.25. The highest BCUT2D eigenvalue weighted by molar-refractivity contribution is 6.13. The maximum atomic E-state index is 11.0. The number of nitriles is 1. The molecule has 10 nitrogen and oxygen atoms in total. The van der Waals surface area contributed by atoms with Crippen LogP contribution in [0.4, 0.5) is 0 Å². The molecule has 0 saturated heterocycles. The predicted octanol–water partition coefficient (Wildman–Crippen LogP) is 15.2. The van der Waals surface area contributed by atoms with Crippen LogP contribution < -0.4 is 0 Å². The molecule has 0 aliphatic carbocycles. The lowest BCUT2D eigenvalue weighted by molar-refractivity contribution is 1.07. The summed E-state index contributed by atoms with van der Waals surface area (Å²) in [5.41, 5.74) is 13.2. The second-order valence-electron chi connectivity index (χ2n) is 18.5. The van der Waals surface area contributed by atoms with Crippen molar-refractivity contribution in [1.29, 1.82) is 5.26 Å². The maximum absolute atomic E-state index is 11.0. The van der Waals surface area contributed by atoms with Crippen molar-refractivity contribution in [1.82, 2.24) is 44.0 Å². The third-order valence-electron chi connectivity index (χ3n) is 13.9. The van der Waals surface area contributed by atoms with Crippen molar-refractivity contribution >= 4 is 43.6 Å². The van der Waals surface area contributed by atoms with Crippen molar-refractivity contribution in [3.8, 4) is 96.9 Å². The highest BCUT2D eigenvalue weighted by Crippen LogP contribution is 2.44. The van der Waals surface area contributed by atoms with Gasteiger partial charge in [-0.1, -0.05) is 158 Å². The van der Waals surface area contributed by atoms with Crippen molar-refractivity contribution in [2.75, 3.05) is 0 Å². The van der Waals surface area contributed by atoms with Gasteiger partial charge in [0.2, 0.25) is 0 Å². The molecule has 0 fully saturated rings. The summed E-state index contributed by atoms with van der Waals surface area (Å²) >= 11 is 0. The molecule has 10 heteroatoms. The average molecular weight is 973 g/mol. The Kier molecular flexibility index (Phi) is 10.6. The van der Waals surface area contributed by atoms with Crippen LogP contribution in [-0.4, -0.2) is 44.0 Å². The van der Waals surface area contributed by atoms with E-state index in [1.54, 1.807) is 0 Å². The zero-order valence-corrected chi connectivity index (χ0v) is 40.6. The van der Waals surface area contributed by atoms with E-state index in [1.165, 1.54) is 0 Å². The summed E-state index contributed by atoms with van der Waals surface area (Å²) in [5, 5.41) is 15.1. The fraction of sp³-hybridized carbons (Fsp3) is 0. The maximum Gasteiger partial charge on any atom is 0.164 e. The molecular formula is C66H40N10. The first-order valence-corrected chi connectivity index (χ1v) is 24.9. The third-order valence-corrected chi connectivity index (χ3v) is 13.9. The molecule has 76 heavy (non-hydrogen) atoms. The Bertz CT molecular complexity index is 4190. The minimum Gasteiger partial charge on any atom is -0.308 e. The molecule has 5 heterocycles. The van der Waals surface area contributed by atoms with Gasteiger partial charge in [-0.15, -0.1) is 0 Å². The first kappa shape index (κ1) is 44.0. The number of hydrogen-bond acceptors (Lipinski definition) is 8. The van der Waals surface area contributed by atoms with Crippen LogP contribution in [-0.2, 0) is 0 Å². The lowest BCUT2D eigenvalue weighted by Gasteiger charge is -2.21. The summed E-state index contributed by atoms with van der Waals surface area (Å²) in [4.78, 5) is 34.7. The number of hydrogen-bond donors (Lipinski definition) is 0. The normalized spacial score (nSPS) is 11.4. The molecule has 0 saturated carbocycles. The summed E-state index contributed by atoms with van der Waals surface area (Å²) in [7, 11) is 0.